The molecule has 1 heterocycles. The fourth-order valence-corrected chi connectivity index (χ4v) is 2.21. The van der Waals surface area contributed by atoms with Gasteiger partial charge in [0.2, 0.25) is 0 Å². The number of nitrogens with zero attached hydrogens (tertiary/aromatic N) is 2. The number of benzene rings is 2. The van der Waals surface area contributed by atoms with E-state index in [2.05, 4.69) is 31.1 Å². The van der Waals surface area contributed by atoms with Gasteiger partial charge >= 0.3 is 0 Å². The maximum absolute atomic E-state index is 13.3. The van der Waals surface area contributed by atoms with Crippen molar-refractivity contribution >= 4 is 15.9 Å². The molecule has 3 rings (SSSR count). The number of aromatic nitrogens is 3. The predicted octanol–water partition coefficient (Wildman–Crippen LogP) is 4.04. The van der Waals surface area contributed by atoms with E-state index in [-0.39, 0.29) is 5.82 Å². The SMILES string of the molecule is Fc1ccc(Br)c(-c2nc(-c3ccccc3)n[nH]2)c1. The zero-order chi connectivity index (χ0) is 13.2. The molecule has 3 aromatic rings. The third kappa shape index (κ3) is 2.42. The van der Waals surface area contributed by atoms with Crippen molar-refractivity contribution in [1.29, 1.82) is 0 Å². The van der Waals surface area contributed by atoms with Gasteiger partial charge in [-0.05, 0) is 18.2 Å². The second-order valence-electron chi connectivity index (χ2n) is 4.00. The lowest BCUT2D eigenvalue weighted by molar-refractivity contribution is 0.628. The molecule has 0 aliphatic rings. The third-order valence-electron chi connectivity index (χ3n) is 2.70. The Kier molecular flexibility index (Phi) is 3.13. The van der Waals surface area contributed by atoms with Crippen molar-refractivity contribution < 1.29 is 4.39 Å². The van der Waals surface area contributed by atoms with Gasteiger partial charge in [0.15, 0.2) is 11.6 Å². The maximum atomic E-state index is 13.3. The van der Waals surface area contributed by atoms with Crippen molar-refractivity contribution in [2.45, 2.75) is 0 Å². The van der Waals surface area contributed by atoms with Gasteiger partial charge < -0.3 is 0 Å². The van der Waals surface area contributed by atoms with Gasteiger partial charge in [0.1, 0.15) is 5.82 Å². The molecule has 0 atom stereocenters. The fourth-order valence-electron chi connectivity index (χ4n) is 1.78. The van der Waals surface area contributed by atoms with E-state index in [4.69, 9.17) is 0 Å². The largest absolute Gasteiger partial charge is 0.259 e. The minimum atomic E-state index is -0.309. The van der Waals surface area contributed by atoms with Gasteiger partial charge in [0.25, 0.3) is 0 Å². The molecule has 19 heavy (non-hydrogen) atoms. The minimum Gasteiger partial charge on any atom is -0.259 e. The molecular formula is C14H9BrFN3. The van der Waals surface area contributed by atoms with Crippen molar-refractivity contribution in [3.05, 3.63) is 58.8 Å². The Balaban J connectivity index is 2.04. The number of hydrogen-bond donors (Lipinski definition) is 1. The summed E-state index contributed by atoms with van der Waals surface area (Å²) in [6, 6.07) is 14.1. The van der Waals surface area contributed by atoms with Crippen LogP contribution in [-0.4, -0.2) is 15.2 Å². The summed E-state index contributed by atoms with van der Waals surface area (Å²) in [5, 5.41) is 6.99. The Labute approximate surface area is 117 Å². The summed E-state index contributed by atoms with van der Waals surface area (Å²) in [5.74, 6) is 0.813. The van der Waals surface area contributed by atoms with Crippen LogP contribution in [0.4, 0.5) is 4.39 Å². The molecule has 0 bridgehead atoms. The average molecular weight is 318 g/mol. The Morgan fingerprint density at radius 2 is 1.84 bits per heavy atom. The first-order valence-corrected chi connectivity index (χ1v) is 6.46. The summed E-state index contributed by atoms with van der Waals surface area (Å²) in [6.07, 6.45) is 0. The van der Waals surface area contributed by atoms with E-state index in [1.54, 1.807) is 6.07 Å². The molecule has 0 saturated carbocycles. The lowest BCUT2D eigenvalue weighted by Crippen LogP contribution is -1.85. The molecule has 3 nitrogen and oxygen atoms in total. The predicted molar refractivity (Wildman–Crippen MR) is 74.9 cm³/mol. The molecule has 0 aliphatic heterocycles. The van der Waals surface area contributed by atoms with Crippen molar-refractivity contribution in [3.8, 4) is 22.8 Å². The van der Waals surface area contributed by atoms with Crippen LogP contribution in [0.3, 0.4) is 0 Å². The van der Waals surface area contributed by atoms with Crippen molar-refractivity contribution in [1.82, 2.24) is 15.2 Å². The van der Waals surface area contributed by atoms with Crippen LogP contribution in [0.5, 0.6) is 0 Å². The number of nitrogens with one attached hydrogen (secondary N) is 1. The average Bonchev–Trinajstić information content (AvgIpc) is 2.92. The lowest BCUT2D eigenvalue weighted by Gasteiger charge is -1.99. The second-order valence-corrected chi connectivity index (χ2v) is 4.85. The van der Waals surface area contributed by atoms with E-state index in [1.807, 2.05) is 30.3 Å². The summed E-state index contributed by atoms with van der Waals surface area (Å²) in [6.45, 7) is 0. The van der Waals surface area contributed by atoms with Crippen molar-refractivity contribution in [3.63, 3.8) is 0 Å². The Morgan fingerprint density at radius 3 is 2.63 bits per heavy atom. The fraction of sp³-hybridized carbons (Fsp3) is 0. The molecule has 0 saturated heterocycles. The molecule has 1 N–H and O–H groups in total. The van der Waals surface area contributed by atoms with Crippen LogP contribution >= 0.6 is 15.9 Å². The van der Waals surface area contributed by atoms with E-state index in [1.165, 1.54) is 12.1 Å². The summed E-state index contributed by atoms with van der Waals surface area (Å²) in [4.78, 5) is 4.39. The number of hydrogen-bond acceptors (Lipinski definition) is 2. The van der Waals surface area contributed by atoms with Gasteiger partial charge in [0.05, 0.1) is 0 Å². The summed E-state index contributed by atoms with van der Waals surface area (Å²) in [7, 11) is 0. The van der Waals surface area contributed by atoms with E-state index in [9.17, 15) is 4.39 Å². The van der Waals surface area contributed by atoms with Crippen LogP contribution in [0.25, 0.3) is 22.8 Å². The summed E-state index contributed by atoms with van der Waals surface area (Å²) in [5.41, 5.74) is 1.56. The van der Waals surface area contributed by atoms with Crippen LogP contribution in [0.15, 0.2) is 53.0 Å². The zero-order valence-corrected chi connectivity index (χ0v) is 11.4. The van der Waals surface area contributed by atoms with Crippen molar-refractivity contribution in [2.24, 2.45) is 0 Å². The standard InChI is InChI=1S/C14H9BrFN3/c15-12-7-6-10(16)8-11(12)14-17-13(18-19-14)9-4-2-1-3-5-9/h1-8H,(H,17,18,19). The second kappa shape index (κ2) is 4.93. The van der Waals surface area contributed by atoms with Gasteiger partial charge in [-0.15, -0.1) is 0 Å². The molecule has 0 unspecified atom stereocenters. The summed E-state index contributed by atoms with van der Waals surface area (Å²) < 4.78 is 14.0. The highest BCUT2D eigenvalue weighted by molar-refractivity contribution is 9.10. The zero-order valence-electron chi connectivity index (χ0n) is 9.77. The molecule has 5 heteroatoms. The molecule has 0 spiro atoms. The molecule has 0 amide bonds. The monoisotopic (exact) mass is 317 g/mol. The number of rotatable bonds is 2. The van der Waals surface area contributed by atoms with Gasteiger partial charge in [0, 0.05) is 15.6 Å². The number of halogens is 2. The van der Waals surface area contributed by atoms with Crippen molar-refractivity contribution in [2.75, 3.05) is 0 Å². The molecular weight excluding hydrogens is 309 g/mol. The lowest BCUT2D eigenvalue weighted by atomic mass is 10.2. The van der Waals surface area contributed by atoms with Gasteiger partial charge in [-0.25, -0.2) is 9.37 Å². The highest BCUT2D eigenvalue weighted by Crippen LogP contribution is 2.27. The third-order valence-corrected chi connectivity index (χ3v) is 3.39. The molecule has 0 aliphatic carbocycles. The highest BCUT2D eigenvalue weighted by Gasteiger charge is 2.11. The van der Waals surface area contributed by atoms with Crippen LogP contribution in [0.2, 0.25) is 0 Å². The Bertz CT molecular complexity index is 710. The van der Waals surface area contributed by atoms with Gasteiger partial charge in [-0.2, -0.15) is 5.10 Å². The van der Waals surface area contributed by atoms with Gasteiger partial charge in [-0.1, -0.05) is 46.3 Å². The Hall–Kier alpha value is -2.01. The number of H-pyrrole nitrogens is 1. The highest BCUT2D eigenvalue weighted by atomic mass is 79.9. The quantitative estimate of drug-likeness (QED) is 0.775. The van der Waals surface area contributed by atoms with E-state index in [0.717, 1.165) is 10.0 Å². The van der Waals surface area contributed by atoms with Crippen LogP contribution in [0.1, 0.15) is 0 Å². The minimum absolute atomic E-state index is 0.309. The number of aromatic amines is 1. The molecule has 2 aromatic carbocycles. The molecule has 0 radical (unpaired) electrons. The molecule has 0 fully saturated rings. The Morgan fingerprint density at radius 1 is 1.05 bits per heavy atom. The topological polar surface area (TPSA) is 41.6 Å². The first-order chi connectivity index (χ1) is 9.24. The van der Waals surface area contributed by atoms with E-state index in [0.29, 0.717) is 17.2 Å². The molecule has 94 valence electrons. The van der Waals surface area contributed by atoms with Crippen LogP contribution in [0, 0.1) is 5.82 Å². The molecule has 1 aromatic heterocycles. The summed E-state index contributed by atoms with van der Waals surface area (Å²) >= 11 is 3.38. The van der Waals surface area contributed by atoms with E-state index < -0.39 is 0 Å². The van der Waals surface area contributed by atoms with E-state index >= 15 is 0 Å². The smallest absolute Gasteiger partial charge is 0.181 e. The van der Waals surface area contributed by atoms with Gasteiger partial charge in [-0.3, -0.25) is 5.10 Å². The van der Waals surface area contributed by atoms with Crippen LogP contribution in [-0.2, 0) is 0 Å². The first-order valence-electron chi connectivity index (χ1n) is 5.67. The van der Waals surface area contributed by atoms with Crippen LogP contribution < -0.4 is 0 Å². The normalized spacial score (nSPS) is 10.6. The maximum Gasteiger partial charge on any atom is 0.181 e. The first kappa shape index (κ1) is 12.0.